The van der Waals surface area contributed by atoms with Gasteiger partial charge in [-0.2, -0.15) is 0 Å². The first-order valence-corrected chi connectivity index (χ1v) is 5.45. The highest BCUT2D eigenvalue weighted by atomic mass is 32.2. The van der Waals surface area contributed by atoms with Crippen molar-refractivity contribution in [1.29, 1.82) is 0 Å². The number of carbonyl (C=O) groups is 1. The van der Waals surface area contributed by atoms with Crippen molar-refractivity contribution >= 4 is 16.9 Å². The smallest absolute Gasteiger partial charge is 0.219 e. The first kappa shape index (κ1) is 10.6. The molecule has 0 aromatic rings. The summed E-state index contributed by atoms with van der Waals surface area (Å²) in [6.07, 6.45) is 0. The van der Waals surface area contributed by atoms with Gasteiger partial charge in [-0.15, -0.1) is 0 Å². The highest BCUT2D eigenvalue weighted by Crippen LogP contribution is 2.34. The van der Waals surface area contributed by atoms with E-state index in [9.17, 15) is 4.79 Å². The molecule has 74 valence electrons. The van der Waals surface area contributed by atoms with Gasteiger partial charge in [0.05, 0.1) is 11.9 Å². The largest absolute Gasteiger partial charge is 0.496 e. The van der Waals surface area contributed by atoms with Crippen molar-refractivity contribution in [2.45, 2.75) is 32.9 Å². The maximum atomic E-state index is 11.3. The molecule has 0 aromatic heterocycles. The van der Waals surface area contributed by atoms with Gasteiger partial charge in [-0.3, -0.25) is 4.79 Å². The van der Waals surface area contributed by atoms with E-state index < -0.39 is 0 Å². The maximum Gasteiger partial charge on any atom is 0.219 e. The number of hydrogen-bond donors (Lipinski definition) is 0. The molecule has 1 heterocycles. The minimum absolute atomic E-state index is 0.159. The summed E-state index contributed by atoms with van der Waals surface area (Å²) < 4.78 is 5.60. The number of rotatable bonds is 3. The molecule has 1 rings (SSSR count). The van der Waals surface area contributed by atoms with Gasteiger partial charge in [-0.25, -0.2) is 0 Å². The SMILES string of the molecule is CC1=C(OCC(C)C)C(C)SC1=O. The van der Waals surface area contributed by atoms with Crippen molar-refractivity contribution < 1.29 is 9.53 Å². The molecule has 0 amide bonds. The fraction of sp³-hybridized carbons (Fsp3) is 0.700. The number of hydrogen-bond acceptors (Lipinski definition) is 3. The summed E-state index contributed by atoms with van der Waals surface area (Å²) in [4.78, 5) is 11.3. The average Bonchev–Trinajstić information content (AvgIpc) is 2.24. The topological polar surface area (TPSA) is 26.3 Å². The molecule has 1 aliphatic heterocycles. The molecule has 0 bridgehead atoms. The van der Waals surface area contributed by atoms with Crippen LogP contribution in [0.2, 0.25) is 0 Å². The standard InChI is InChI=1S/C10H16O2S/c1-6(2)5-12-9-7(3)10(11)13-8(9)4/h6,8H,5H2,1-4H3. The fourth-order valence-electron chi connectivity index (χ4n) is 1.19. The molecular formula is C10H16O2S. The summed E-state index contributed by atoms with van der Waals surface area (Å²) in [5.74, 6) is 1.39. The highest BCUT2D eigenvalue weighted by molar-refractivity contribution is 8.15. The molecule has 13 heavy (non-hydrogen) atoms. The van der Waals surface area contributed by atoms with Crippen molar-refractivity contribution in [2.75, 3.05) is 6.61 Å². The summed E-state index contributed by atoms with van der Waals surface area (Å²) >= 11 is 1.35. The lowest BCUT2D eigenvalue weighted by Crippen LogP contribution is -2.07. The van der Waals surface area contributed by atoms with Crippen molar-refractivity contribution in [3.05, 3.63) is 11.3 Å². The lowest BCUT2D eigenvalue weighted by molar-refractivity contribution is -0.107. The third kappa shape index (κ3) is 2.50. The van der Waals surface area contributed by atoms with Crippen LogP contribution in [-0.4, -0.2) is 17.0 Å². The molecule has 1 atom stereocenters. The third-order valence-corrected chi connectivity index (χ3v) is 2.99. The second kappa shape index (κ2) is 4.18. The zero-order valence-corrected chi connectivity index (χ0v) is 9.40. The Morgan fingerprint density at radius 2 is 2.15 bits per heavy atom. The lowest BCUT2D eigenvalue weighted by atomic mass is 10.2. The summed E-state index contributed by atoms with van der Waals surface area (Å²) in [6, 6.07) is 0. The van der Waals surface area contributed by atoms with Crippen LogP contribution in [0.1, 0.15) is 27.7 Å². The quantitative estimate of drug-likeness (QED) is 0.700. The lowest BCUT2D eigenvalue weighted by Gasteiger charge is -2.12. The van der Waals surface area contributed by atoms with Crippen molar-refractivity contribution in [2.24, 2.45) is 5.92 Å². The van der Waals surface area contributed by atoms with Crippen LogP contribution < -0.4 is 0 Å². The predicted molar refractivity (Wildman–Crippen MR) is 55.6 cm³/mol. The summed E-state index contributed by atoms with van der Waals surface area (Å²) in [6.45, 7) is 8.75. The van der Waals surface area contributed by atoms with Crippen molar-refractivity contribution in [1.82, 2.24) is 0 Å². The van der Waals surface area contributed by atoms with E-state index in [0.29, 0.717) is 12.5 Å². The van der Waals surface area contributed by atoms with Gasteiger partial charge in [-0.1, -0.05) is 25.6 Å². The van der Waals surface area contributed by atoms with Crippen LogP contribution in [0.5, 0.6) is 0 Å². The van der Waals surface area contributed by atoms with Crippen molar-refractivity contribution in [3.63, 3.8) is 0 Å². The van der Waals surface area contributed by atoms with E-state index in [0.717, 1.165) is 11.3 Å². The van der Waals surface area contributed by atoms with Gasteiger partial charge in [0.25, 0.3) is 0 Å². The zero-order chi connectivity index (χ0) is 10.0. The van der Waals surface area contributed by atoms with E-state index in [1.165, 1.54) is 11.8 Å². The molecule has 2 nitrogen and oxygen atoms in total. The molecule has 1 unspecified atom stereocenters. The number of thioether (sulfide) groups is 1. The first-order chi connectivity index (χ1) is 6.02. The van der Waals surface area contributed by atoms with Gasteiger partial charge in [0, 0.05) is 5.57 Å². The highest BCUT2D eigenvalue weighted by Gasteiger charge is 2.28. The molecular weight excluding hydrogens is 184 g/mol. The van der Waals surface area contributed by atoms with Crippen LogP contribution in [0.15, 0.2) is 11.3 Å². The van der Waals surface area contributed by atoms with Crippen molar-refractivity contribution in [3.8, 4) is 0 Å². The molecule has 3 heteroatoms. The molecule has 0 aromatic carbocycles. The molecule has 0 aliphatic carbocycles. The molecule has 0 saturated carbocycles. The van der Waals surface area contributed by atoms with Gasteiger partial charge in [0.1, 0.15) is 5.76 Å². The second-order valence-electron chi connectivity index (χ2n) is 3.74. The number of ether oxygens (including phenoxy) is 1. The third-order valence-electron chi connectivity index (χ3n) is 1.90. The van der Waals surface area contributed by atoms with E-state index in [1.807, 2.05) is 13.8 Å². The Balaban J connectivity index is 2.61. The first-order valence-electron chi connectivity index (χ1n) is 4.57. The van der Waals surface area contributed by atoms with Gasteiger partial charge < -0.3 is 4.74 Å². The molecule has 0 radical (unpaired) electrons. The monoisotopic (exact) mass is 200 g/mol. The average molecular weight is 200 g/mol. The molecule has 1 aliphatic rings. The van der Waals surface area contributed by atoms with Crippen LogP contribution in [0.4, 0.5) is 0 Å². The fourth-order valence-corrected chi connectivity index (χ4v) is 2.14. The minimum atomic E-state index is 0.159. The van der Waals surface area contributed by atoms with Gasteiger partial charge >= 0.3 is 0 Å². The Kier molecular flexibility index (Phi) is 3.42. The van der Waals surface area contributed by atoms with Crippen LogP contribution >= 0.6 is 11.8 Å². The Morgan fingerprint density at radius 3 is 2.54 bits per heavy atom. The van der Waals surface area contributed by atoms with E-state index >= 15 is 0 Å². The molecule has 0 N–H and O–H groups in total. The predicted octanol–water partition coefficient (Wildman–Crippen LogP) is 2.59. The summed E-state index contributed by atoms with van der Waals surface area (Å²) in [5.41, 5.74) is 0.790. The minimum Gasteiger partial charge on any atom is -0.496 e. The van der Waals surface area contributed by atoms with Gasteiger partial charge in [0.15, 0.2) is 0 Å². The van der Waals surface area contributed by atoms with Crippen LogP contribution in [-0.2, 0) is 9.53 Å². The van der Waals surface area contributed by atoms with E-state index in [1.54, 1.807) is 0 Å². The van der Waals surface area contributed by atoms with Crippen LogP contribution in [0, 0.1) is 5.92 Å². The Morgan fingerprint density at radius 1 is 1.54 bits per heavy atom. The Labute approximate surface area is 83.7 Å². The second-order valence-corrected chi connectivity index (χ2v) is 5.06. The molecule has 0 spiro atoms. The van der Waals surface area contributed by atoms with E-state index in [2.05, 4.69) is 13.8 Å². The van der Waals surface area contributed by atoms with E-state index in [-0.39, 0.29) is 10.4 Å². The van der Waals surface area contributed by atoms with E-state index in [4.69, 9.17) is 4.74 Å². The van der Waals surface area contributed by atoms with Gasteiger partial charge in [-0.05, 0) is 19.8 Å². The number of carbonyl (C=O) groups excluding carboxylic acids is 1. The normalized spacial score (nSPS) is 23.2. The maximum absolute atomic E-state index is 11.3. The summed E-state index contributed by atoms with van der Waals surface area (Å²) in [5, 5.41) is 0.359. The van der Waals surface area contributed by atoms with Crippen LogP contribution in [0.25, 0.3) is 0 Å². The molecule has 0 fully saturated rings. The Bertz CT molecular complexity index is 243. The van der Waals surface area contributed by atoms with Gasteiger partial charge in [0.2, 0.25) is 5.12 Å². The van der Waals surface area contributed by atoms with Crippen LogP contribution in [0.3, 0.4) is 0 Å². The zero-order valence-electron chi connectivity index (χ0n) is 8.59. The Hall–Kier alpha value is -0.440. The molecule has 0 saturated heterocycles. The summed E-state index contributed by atoms with van der Waals surface area (Å²) in [7, 11) is 0.